The molecule has 0 aliphatic rings. The smallest absolute Gasteiger partial charge is 0.329 e. The average molecular weight is 401 g/mol. The molecule has 25 heavy (non-hydrogen) atoms. The molecule has 5 nitrogen and oxygen atoms in total. The first-order chi connectivity index (χ1) is 11.2. The Balaban J connectivity index is -0.000000167. The van der Waals surface area contributed by atoms with Crippen LogP contribution in [-0.2, 0) is 13.6 Å². The van der Waals surface area contributed by atoms with E-state index in [2.05, 4.69) is 29.8 Å². The molecule has 0 rings (SSSR count). The van der Waals surface area contributed by atoms with Gasteiger partial charge in [0, 0.05) is 32.7 Å². The van der Waals surface area contributed by atoms with Gasteiger partial charge in [-0.25, -0.2) is 0 Å². The average Bonchev–Trinajstić information content (AvgIpc) is 2.56. The molecule has 0 unspecified atom stereocenters. The van der Waals surface area contributed by atoms with E-state index >= 15 is 0 Å². The number of unbranched alkanes of at least 4 members (excludes halogenated alkanes) is 3. The van der Waals surface area contributed by atoms with E-state index < -0.39 is 15.7 Å². The normalized spacial score (nSPS) is 10.5. The molecular formula is C17H46BNO4P2. The second kappa shape index (κ2) is 24.6. The molecule has 0 aromatic carbocycles. The van der Waals surface area contributed by atoms with Crippen molar-refractivity contribution in [2.24, 2.45) is 0 Å². The molecule has 0 aromatic rings. The van der Waals surface area contributed by atoms with Gasteiger partial charge >= 0.3 is 8.60 Å². The molecular weight excluding hydrogens is 355 g/mol. The zero-order valence-corrected chi connectivity index (χ0v) is 19.2. The molecule has 0 saturated heterocycles. The molecule has 0 bridgehead atoms. The minimum Gasteiger partial charge on any atom is -0.354 e. The van der Waals surface area contributed by atoms with Crippen molar-refractivity contribution in [2.75, 3.05) is 46.8 Å². The molecule has 0 aliphatic heterocycles. The fourth-order valence-electron chi connectivity index (χ4n) is 1.75. The predicted molar refractivity (Wildman–Crippen MR) is 119 cm³/mol. The molecule has 0 radical (unpaired) electrons. The molecule has 0 aromatic heterocycles. The van der Waals surface area contributed by atoms with Gasteiger partial charge in [0.25, 0.3) is 0 Å². The van der Waals surface area contributed by atoms with Crippen LogP contribution in [0.4, 0.5) is 0 Å². The lowest BCUT2D eigenvalue weighted by Gasteiger charge is -2.17. The fourth-order valence-corrected chi connectivity index (χ4v) is 5.25. The van der Waals surface area contributed by atoms with Crippen LogP contribution in [0, 0.1) is 0 Å². The standard InChI is InChI=1S/C12H27OP.C2H8BN.C2H7O3P.CH4/c1-4-7-10-14(13,11-8-5-2)12-9-6-3;1-4(2)3;1-4-6(3)5-2;/h4-12H2,1-3H3;3H2,1-2H3;3H,1-2H3;1H4. The van der Waals surface area contributed by atoms with Crippen LogP contribution in [0.25, 0.3) is 0 Å². The van der Waals surface area contributed by atoms with Crippen molar-refractivity contribution in [3.63, 3.8) is 0 Å². The SMILES string of the molecule is BN(C)C.C.CCCCP(=O)(CCCC)CCCC.COP(O)OC. The molecule has 0 aliphatic carbocycles. The number of hydrogen-bond donors (Lipinski definition) is 1. The molecule has 156 valence electrons. The van der Waals surface area contributed by atoms with Gasteiger partial charge in [-0.1, -0.05) is 47.5 Å². The lowest BCUT2D eigenvalue weighted by Crippen LogP contribution is -2.02. The van der Waals surface area contributed by atoms with Gasteiger partial charge in [0.2, 0.25) is 0 Å². The third-order valence-electron chi connectivity index (χ3n) is 3.07. The third kappa shape index (κ3) is 32.7. The van der Waals surface area contributed by atoms with Crippen LogP contribution < -0.4 is 0 Å². The van der Waals surface area contributed by atoms with Gasteiger partial charge in [-0.2, -0.15) is 0 Å². The summed E-state index contributed by atoms with van der Waals surface area (Å²) in [4.78, 5) is 10.3. The Morgan fingerprint density at radius 2 is 1.16 bits per heavy atom. The third-order valence-corrected chi connectivity index (χ3v) is 7.09. The number of hydrogen-bond acceptors (Lipinski definition) is 5. The van der Waals surface area contributed by atoms with Crippen LogP contribution in [0.3, 0.4) is 0 Å². The maximum atomic E-state index is 12.5. The van der Waals surface area contributed by atoms with Gasteiger partial charge in [0.1, 0.15) is 0 Å². The summed E-state index contributed by atoms with van der Waals surface area (Å²) in [6.45, 7) is 6.55. The highest BCUT2D eigenvalue weighted by molar-refractivity contribution is 7.63. The van der Waals surface area contributed by atoms with Crippen molar-refractivity contribution < 1.29 is 18.5 Å². The summed E-state index contributed by atoms with van der Waals surface area (Å²) in [5.74, 6) is 0. The van der Waals surface area contributed by atoms with Crippen molar-refractivity contribution in [3.05, 3.63) is 0 Å². The minimum absolute atomic E-state index is 0. The van der Waals surface area contributed by atoms with Crippen molar-refractivity contribution in [3.8, 4) is 0 Å². The summed E-state index contributed by atoms with van der Waals surface area (Å²) in [6, 6.07) is 0. The van der Waals surface area contributed by atoms with E-state index in [0.717, 1.165) is 37.7 Å². The Labute approximate surface area is 161 Å². The van der Waals surface area contributed by atoms with Crippen LogP contribution in [0.1, 0.15) is 66.7 Å². The predicted octanol–water partition coefficient (Wildman–Crippen LogP) is 4.98. The molecule has 8 heteroatoms. The van der Waals surface area contributed by atoms with Crippen molar-refractivity contribution in [2.45, 2.75) is 66.7 Å². The first-order valence-corrected chi connectivity index (χ1v) is 12.4. The van der Waals surface area contributed by atoms with Gasteiger partial charge in [0.15, 0.2) is 7.98 Å². The van der Waals surface area contributed by atoms with Crippen LogP contribution in [0.5, 0.6) is 0 Å². The summed E-state index contributed by atoms with van der Waals surface area (Å²) in [5, 5.41) is 0. The van der Waals surface area contributed by atoms with Crippen LogP contribution in [-0.4, -0.2) is 64.5 Å². The Morgan fingerprint density at radius 3 is 1.28 bits per heavy atom. The van der Waals surface area contributed by atoms with E-state index in [1.54, 1.807) is 0 Å². The summed E-state index contributed by atoms with van der Waals surface area (Å²) in [6.07, 6.45) is 10.0. The molecule has 0 saturated carbocycles. The highest BCUT2D eigenvalue weighted by atomic mass is 31.2. The monoisotopic (exact) mass is 401 g/mol. The Kier molecular flexibility index (Phi) is 32.6. The van der Waals surface area contributed by atoms with Gasteiger partial charge in [-0.05, 0) is 33.4 Å². The number of rotatable bonds is 11. The van der Waals surface area contributed by atoms with Gasteiger partial charge in [-0.3, -0.25) is 0 Å². The zero-order chi connectivity index (χ0) is 19.4. The largest absolute Gasteiger partial charge is 0.354 e. The molecule has 1 N–H and O–H groups in total. The highest BCUT2D eigenvalue weighted by Crippen LogP contribution is 2.48. The molecule has 0 amide bonds. The van der Waals surface area contributed by atoms with E-state index in [1.807, 2.05) is 26.9 Å². The lowest BCUT2D eigenvalue weighted by atomic mass is 10.4. The summed E-state index contributed by atoms with van der Waals surface area (Å²) in [5.41, 5.74) is 0. The first-order valence-electron chi connectivity index (χ1n) is 8.98. The van der Waals surface area contributed by atoms with Crippen LogP contribution >= 0.6 is 15.7 Å². The van der Waals surface area contributed by atoms with Gasteiger partial charge < -0.3 is 23.3 Å². The first kappa shape index (κ1) is 33.2. The van der Waals surface area contributed by atoms with E-state index in [1.165, 1.54) is 33.5 Å². The Bertz CT molecular complexity index is 250. The Hall–Kier alpha value is 0.565. The highest BCUT2D eigenvalue weighted by Gasteiger charge is 2.19. The van der Waals surface area contributed by atoms with E-state index in [0.29, 0.717) is 0 Å². The van der Waals surface area contributed by atoms with Crippen molar-refractivity contribution in [1.29, 1.82) is 0 Å². The minimum atomic E-state index is -1.77. The maximum absolute atomic E-state index is 12.5. The molecule has 0 heterocycles. The summed E-state index contributed by atoms with van der Waals surface area (Å²) < 4.78 is 21.1. The quantitative estimate of drug-likeness (QED) is 0.391. The van der Waals surface area contributed by atoms with E-state index in [4.69, 9.17) is 4.89 Å². The second-order valence-electron chi connectivity index (χ2n) is 6.23. The topological polar surface area (TPSA) is 59.0 Å². The molecule has 0 fully saturated rings. The van der Waals surface area contributed by atoms with E-state index in [9.17, 15) is 4.57 Å². The summed E-state index contributed by atoms with van der Waals surface area (Å²) >= 11 is 0. The van der Waals surface area contributed by atoms with Crippen LogP contribution in [0.2, 0.25) is 0 Å². The summed E-state index contributed by atoms with van der Waals surface area (Å²) in [7, 11) is 5.42. The zero-order valence-electron chi connectivity index (χ0n) is 17.4. The van der Waals surface area contributed by atoms with Crippen LogP contribution in [0.15, 0.2) is 0 Å². The molecule has 0 atom stereocenters. The maximum Gasteiger partial charge on any atom is 0.329 e. The second-order valence-corrected chi connectivity index (χ2v) is 10.9. The fraction of sp³-hybridized carbons (Fsp3) is 1.00. The van der Waals surface area contributed by atoms with Crippen molar-refractivity contribution in [1.82, 2.24) is 4.81 Å². The van der Waals surface area contributed by atoms with Gasteiger partial charge in [-0.15, -0.1) is 0 Å². The lowest BCUT2D eigenvalue weighted by molar-refractivity contribution is 0.271. The van der Waals surface area contributed by atoms with Gasteiger partial charge in [0.05, 0.1) is 7.14 Å². The Morgan fingerprint density at radius 1 is 0.920 bits per heavy atom. The van der Waals surface area contributed by atoms with E-state index in [-0.39, 0.29) is 7.43 Å². The number of nitrogens with zero attached hydrogens (tertiary/aromatic N) is 1. The molecule has 0 spiro atoms. The van der Waals surface area contributed by atoms with Crippen molar-refractivity contribution >= 4 is 23.7 Å².